The lowest BCUT2D eigenvalue weighted by Gasteiger charge is -2.28. The summed E-state index contributed by atoms with van der Waals surface area (Å²) in [6.07, 6.45) is 0.751. The summed E-state index contributed by atoms with van der Waals surface area (Å²) < 4.78 is 0. The molecule has 0 spiro atoms. The van der Waals surface area contributed by atoms with Crippen LogP contribution in [0.3, 0.4) is 0 Å². The topological polar surface area (TPSA) is 74.7 Å². The van der Waals surface area contributed by atoms with Gasteiger partial charge in [-0.05, 0) is 24.5 Å². The summed E-state index contributed by atoms with van der Waals surface area (Å²) >= 11 is 1.17. The highest BCUT2D eigenvalue weighted by atomic mass is 32.1. The molecular formula is C13H15NO4S. The monoisotopic (exact) mass is 281 g/mol. The van der Waals surface area contributed by atoms with Crippen molar-refractivity contribution in [1.82, 2.24) is 4.90 Å². The van der Waals surface area contributed by atoms with Crippen molar-refractivity contribution in [1.29, 1.82) is 0 Å². The Bertz CT molecular complexity index is 531. The molecule has 0 radical (unpaired) electrons. The van der Waals surface area contributed by atoms with Gasteiger partial charge in [-0.15, -0.1) is 11.3 Å². The number of aryl methyl sites for hydroxylation is 1. The van der Waals surface area contributed by atoms with Crippen molar-refractivity contribution in [3.63, 3.8) is 0 Å². The van der Waals surface area contributed by atoms with Gasteiger partial charge in [0.25, 0.3) is 0 Å². The molecule has 0 saturated carbocycles. The van der Waals surface area contributed by atoms with E-state index in [1.165, 1.54) is 16.2 Å². The van der Waals surface area contributed by atoms with Crippen LogP contribution in [0.4, 0.5) is 0 Å². The van der Waals surface area contributed by atoms with Crippen LogP contribution in [0.5, 0.6) is 0 Å². The van der Waals surface area contributed by atoms with E-state index in [0.29, 0.717) is 12.8 Å². The number of likely N-dealkylation sites (tertiary alicyclic amines) is 1. The van der Waals surface area contributed by atoms with Crippen LogP contribution in [-0.4, -0.2) is 27.8 Å². The number of piperidine rings is 1. The zero-order chi connectivity index (χ0) is 14.2. The molecule has 0 bridgehead atoms. The molecule has 1 aliphatic rings. The number of carbonyl (C=O) groups is 3. The summed E-state index contributed by atoms with van der Waals surface area (Å²) in [4.78, 5) is 36.9. The highest BCUT2D eigenvalue weighted by Crippen LogP contribution is 2.26. The lowest BCUT2D eigenvalue weighted by molar-refractivity contribution is -0.150. The maximum Gasteiger partial charge on any atom is 0.345 e. The molecule has 0 aromatic carbocycles. The molecule has 1 saturated heterocycles. The Labute approximate surface area is 114 Å². The summed E-state index contributed by atoms with van der Waals surface area (Å²) in [6, 6.07) is 1.54. The van der Waals surface area contributed by atoms with Gasteiger partial charge in [0, 0.05) is 17.7 Å². The second-order valence-electron chi connectivity index (χ2n) is 4.88. The zero-order valence-corrected chi connectivity index (χ0v) is 11.6. The standard InChI is InChI=1S/C13H15NO4S/c1-7-3-11(15)14(12(16)4-7)6-9-5-10(13(17)18)19-8(9)2/h5,7H,3-4,6H2,1-2H3,(H,17,18). The van der Waals surface area contributed by atoms with Gasteiger partial charge in [0.15, 0.2) is 0 Å². The lowest BCUT2D eigenvalue weighted by atomic mass is 9.97. The molecular weight excluding hydrogens is 266 g/mol. The largest absolute Gasteiger partial charge is 0.477 e. The summed E-state index contributed by atoms with van der Waals surface area (Å²) in [5, 5.41) is 8.93. The first-order chi connectivity index (χ1) is 8.88. The van der Waals surface area contributed by atoms with Crippen LogP contribution >= 0.6 is 11.3 Å². The fourth-order valence-corrected chi connectivity index (χ4v) is 3.03. The predicted octanol–water partition coefficient (Wildman–Crippen LogP) is 2.04. The zero-order valence-electron chi connectivity index (χ0n) is 10.8. The normalized spacial score (nSPS) is 17.1. The molecule has 2 heterocycles. The van der Waals surface area contributed by atoms with Crippen LogP contribution in [0.15, 0.2) is 6.07 Å². The van der Waals surface area contributed by atoms with Gasteiger partial charge in [-0.25, -0.2) is 4.79 Å². The first kappa shape index (κ1) is 13.7. The second kappa shape index (κ2) is 5.13. The van der Waals surface area contributed by atoms with E-state index >= 15 is 0 Å². The van der Waals surface area contributed by atoms with Crippen molar-refractivity contribution in [2.45, 2.75) is 33.2 Å². The van der Waals surface area contributed by atoms with E-state index in [4.69, 9.17) is 5.11 Å². The molecule has 5 nitrogen and oxygen atoms in total. The van der Waals surface area contributed by atoms with E-state index in [0.717, 1.165) is 10.4 Å². The highest BCUT2D eigenvalue weighted by Gasteiger charge is 2.30. The fourth-order valence-electron chi connectivity index (χ4n) is 2.16. The van der Waals surface area contributed by atoms with Gasteiger partial charge in [0.1, 0.15) is 4.88 Å². The molecule has 2 rings (SSSR count). The molecule has 1 aromatic heterocycles. The number of amides is 2. The van der Waals surface area contributed by atoms with Gasteiger partial charge >= 0.3 is 5.97 Å². The van der Waals surface area contributed by atoms with Crippen molar-refractivity contribution >= 4 is 29.1 Å². The number of rotatable bonds is 3. The summed E-state index contributed by atoms with van der Waals surface area (Å²) in [5.41, 5.74) is 0.735. The van der Waals surface area contributed by atoms with Crippen LogP contribution in [0.2, 0.25) is 0 Å². The highest BCUT2D eigenvalue weighted by molar-refractivity contribution is 7.14. The first-order valence-corrected chi connectivity index (χ1v) is 6.86. The Morgan fingerprint density at radius 2 is 2.00 bits per heavy atom. The Morgan fingerprint density at radius 3 is 2.47 bits per heavy atom. The minimum Gasteiger partial charge on any atom is -0.477 e. The van der Waals surface area contributed by atoms with E-state index in [1.807, 2.05) is 6.92 Å². The number of carboxylic acid groups (broad SMARTS) is 1. The number of aromatic carboxylic acids is 1. The molecule has 0 aliphatic carbocycles. The van der Waals surface area contributed by atoms with Gasteiger partial charge in [-0.1, -0.05) is 6.92 Å². The number of carboxylic acids is 1. The van der Waals surface area contributed by atoms with E-state index in [1.54, 1.807) is 13.0 Å². The summed E-state index contributed by atoms with van der Waals surface area (Å²) in [7, 11) is 0. The predicted molar refractivity (Wildman–Crippen MR) is 70.0 cm³/mol. The van der Waals surface area contributed by atoms with Crippen LogP contribution in [0.1, 0.15) is 39.9 Å². The van der Waals surface area contributed by atoms with Crippen molar-refractivity contribution in [2.24, 2.45) is 5.92 Å². The third kappa shape index (κ3) is 2.84. The average Bonchev–Trinajstić information content (AvgIpc) is 2.65. The first-order valence-electron chi connectivity index (χ1n) is 6.04. The quantitative estimate of drug-likeness (QED) is 0.860. The van der Waals surface area contributed by atoms with E-state index < -0.39 is 5.97 Å². The van der Waals surface area contributed by atoms with Crippen molar-refractivity contribution < 1.29 is 19.5 Å². The number of nitrogens with zero attached hydrogens (tertiary/aromatic N) is 1. The SMILES string of the molecule is Cc1sc(C(=O)O)cc1CN1C(=O)CC(C)CC1=O. The summed E-state index contributed by atoms with van der Waals surface area (Å²) in [5.74, 6) is -1.24. The van der Waals surface area contributed by atoms with Crippen LogP contribution in [-0.2, 0) is 16.1 Å². The van der Waals surface area contributed by atoms with Crippen molar-refractivity contribution in [3.8, 4) is 0 Å². The van der Waals surface area contributed by atoms with Gasteiger partial charge in [-0.3, -0.25) is 14.5 Å². The minimum atomic E-state index is -0.982. The minimum absolute atomic E-state index is 0.0920. The van der Waals surface area contributed by atoms with Crippen LogP contribution < -0.4 is 0 Å². The van der Waals surface area contributed by atoms with Crippen LogP contribution in [0.25, 0.3) is 0 Å². The molecule has 1 aromatic rings. The second-order valence-corrected chi connectivity index (χ2v) is 6.14. The maximum absolute atomic E-state index is 11.9. The Kier molecular flexibility index (Phi) is 3.71. The number of hydrogen-bond acceptors (Lipinski definition) is 4. The molecule has 1 aliphatic heterocycles. The molecule has 2 amide bonds. The number of thiophene rings is 1. The molecule has 1 N–H and O–H groups in total. The van der Waals surface area contributed by atoms with Crippen molar-refractivity contribution in [3.05, 3.63) is 21.4 Å². The van der Waals surface area contributed by atoms with Gasteiger partial charge in [0.2, 0.25) is 11.8 Å². The lowest BCUT2D eigenvalue weighted by Crippen LogP contribution is -2.42. The van der Waals surface area contributed by atoms with E-state index in [9.17, 15) is 14.4 Å². The number of carbonyl (C=O) groups excluding carboxylic acids is 2. The molecule has 102 valence electrons. The molecule has 0 atom stereocenters. The molecule has 19 heavy (non-hydrogen) atoms. The average molecular weight is 281 g/mol. The van der Waals surface area contributed by atoms with Gasteiger partial charge < -0.3 is 5.11 Å². The Morgan fingerprint density at radius 1 is 1.42 bits per heavy atom. The Hall–Kier alpha value is -1.69. The smallest absolute Gasteiger partial charge is 0.345 e. The van der Waals surface area contributed by atoms with Crippen LogP contribution in [0, 0.1) is 12.8 Å². The molecule has 6 heteroatoms. The number of hydrogen-bond donors (Lipinski definition) is 1. The third-order valence-corrected chi connectivity index (χ3v) is 4.29. The third-order valence-electron chi connectivity index (χ3n) is 3.21. The van der Waals surface area contributed by atoms with Crippen molar-refractivity contribution in [2.75, 3.05) is 0 Å². The fraction of sp³-hybridized carbons (Fsp3) is 0.462. The van der Waals surface area contributed by atoms with Gasteiger partial charge in [-0.2, -0.15) is 0 Å². The van der Waals surface area contributed by atoms with E-state index in [2.05, 4.69) is 0 Å². The Balaban J connectivity index is 2.19. The maximum atomic E-state index is 11.9. The van der Waals surface area contributed by atoms with E-state index in [-0.39, 0.29) is 29.2 Å². The van der Waals surface area contributed by atoms with Gasteiger partial charge in [0.05, 0.1) is 6.54 Å². The molecule has 1 fully saturated rings. The summed E-state index contributed by atoms with van der Waals surface area (Å²) in [6.45, 7) is 3.86. The molecule has 0 unspecified atom stereocenters. The number of imide groups is 1.